The molecule has 1 saturated heterocycles. The fourth-order valence-electron chi connectivity index (χ4n) is 5.09. The normalized spacial score (nSPS) is 33.1. The first-order valence-electron chi connectivity index (χ1n) is 8.99. The molecule has 0 unspecified atom stereocenters. The summed E-state index contributed by atoms with van der Waals surface area (Å²) in [6.07, 6.45) is 1.21. The lowest BCUT2D eigenvalue weighted by atomic mass is 9.99. The first-order chi connectivity index (χ1) is 11.9. The SMILES string of the molecule is CC1(C)CC(C)(C)[P@@]2c3ccccc3O[C@@H]2[C@H]2Oc3ccccc3[P@@]21. The van der Waals surface area contributed by atoms with Gasteiger partial charge in [0.1, 0.15) is 11.5 Å². The number of fused-ring (bicyclic) bond motifs is 7. The highest BCUT2D eigenvalue weighted by molar-refractivity contribution is 7.73. The Bertz CT molecular complexity index is 776. The lowest BCUT2D eigenvalue weighted by molar-refractivity contribution is 0.173. The van der Waals surface area contributed by atoms with E-state index in [4.69, 9.17) is 9.47 Å². The summed E-state index contributed by atoms with van der Waals surface area (Å²) < 4.78 is 13.2. The van der Waals surface area contributed by atoms with Crippen LogP contribution < -0.4 is 20.1 Å². The molecule has 0 saturated carbocycles. The first kappa shape index (κ1) is 16.1. The Hall–Kier alpha value is -1.10. The number of hydrogen-bond donors (Lipinski definition) is 0. The van der Waals surface area contributed by atoms with Gasteiger partial charge < -0.3 is 9.47 Å². The molecular formula is C21H24O2P2. The monoisotopic (exact) mass is 370 g/mol. The van der Waals surface area contributed by atoms with Crippen molar-refractivity contribution < 1.29 is 9.47 Å². The van der Waals surface area contributed by atoms with E-state index in [1.54, 1.807) is 0 Å². The standard InChI is InChI=1S/C21H24O2P2/c1-20(2)13-21(3,4)25-17-12-8-6-10-15(17)23-19(25)18-22-14-9-5-7-11-16(14)24(18)20/h5-12,18-19H,13H2,1-4H3/t18-,19-,24-,25-/m0/s1. The minimum Gasteiger partial charge on any atom is -0.481 e. The van der Waals surface area contributed by atoms with Crippen LogP contribution in [-0.2, 0) is 0 Å². The first-order valence-corrected chi connectivity index (χ1v) is 11.8. The van der Waals surface area contributed by atoms with Gasteiger partial charge in [0.05, 0.1) is 0 Å². The molecule has 3 heterocycles. The third kappa shape index (κ3) is 2.23. The molecule has 2 aromatic carbocycles. The van der Waals surface area contributed by atoms with Crippen molar-refractivity contribution in [2.75, 3.05) is 0 Å². The minimum atomic E-state index is -0.429. The van der Waals surface area contributed by atoms with Crippen molar-refractivity contribution in [2.24, 2.45) is 0 Å². The number of ether oxygens (including phenoxy) is 2. The Balaban J connectivity index is 1.69. The van der Waals surface area contributed by atoms with Crippen molar-refractivity contribution in [1.82, 2.24) is 0 Å². The highest BCUT2D eigenvalue weighted by Crippen LogP contribution is 2.74. The molecule has 1 fully saturated rings. The van der Waals surface area contributed by atoms with Gasteiger partial charge in [0.15, 0.2) is 11.7 Å². The fourth-order valence-corrected chi connectivity index (χ4v) is 12.7. The van der Waals surface area contributed by atoms with Gasteiger partial charge in [-0.25, -0.2) is 0 Å². The van der Waals surface area contributed by atoms with Crippen LogP contribution in [0.25, 0.3) is 0 Å². The molecule has 5 rings (SSSR count). The number of rotatable bonds is 0. The van der Waals surface area contributed by atoms with E-state index in [9.17, 15) is 0 Å². The fraction of sp³-hybridized carbons (Fsp3) is 0.429. The van der Waals surface area contributed by atoms with Crippen LogP contribution in [0.1, 0.15) is 34.1 Å². The molecule has 4 atom stereocenters. The summed E-state index contributed by atoms with van der Waals surface area (Å²) in [7, 11) is -0.858. The summed E-state index contributed by atoms with van der Waals surface area (Å²) in [5.74, 6) is 2.51. The van der Waals surface area contributed by atoms with E-state index in [2.05, 4.69) is 76.2 Å². The summed E-state index contributed by atoms with van der Waals surface area (Å²) in [4.78, 5) is 0. The van der Waals surface area contributed by atoms with E-state index >= 15 is 0 Å². The molecule has 4 heteroatoms. The highest BCUT2D eigenvalue weighted by atomic mass is 31.1. The molecule has 3 aliphatic heterocycles. The molecule has 2 nitrogen and oxygen atoms in total. The van der Waals surface area contributed by atoms with E-state index in [-0.39, 0.29) is 22.0 Å². The van der Waals surface area contributed by atoms with Gasteiger partial charge in [0, 0.05) is 10.6 Å². The second-order valence-electron chi connectivity index (χ2n) is 8.49. The van der Waals surface area contributed by atoms with Gasteiger partial charge >= 0.3 is 0 Å². The quantitative estimate of drug-likeness (QED) is 0.608. The number of hydrogen-bond acceptors (Lipinski definition) is 2. The van der Waals surface area contributed by atoms with E-state index in [1.165, 1.54) is 17.0 Å². The lowest BCUT2D eigenvalue weighted by Gasteiger charge is -2.38. The molecule has 0 amide bonds. The number of para-hydroxylation sites is 2. The lowest BCUT2D eigenvalue weighted by Crippen LogP contribution is -2.33. The van der Waals surface area contributed by atoms with Crippen molar-refractivity contribution in [1.29, 1.82) is 0 Å². The van der Waals surface area contributed by atoms with Crippen molar-refractivity contribution >= 4 is 26.5 Å². The summed E-state index contributed by atoms with van der Waals surface area (Å²) in [6.45, 7) is 9.79. The van der Waals surface area contributed by atoms with E-state index in [1.807, 2.05) is 0 Å². The van der Waals surface area contributed by atoms with Crippen LogP contribution >= 0.6 is 15.8 Å². The maximum atomic E-state index is 6.58. The van der Waals surface area contributed by atoms with Crippen molar-refractivity contribution in [2.45, 2.75) is 56.1 Å². The summed E-state index contributed by atoms with van der Waals surface area (Å²) in [5, 5.41) is 3.33. The van der Waals surface area contributed by atoms with Gasteiger partial charge in [0.25, 0.3) is 0 Å². The third-order valence-electron chi connectivity index (χ3n) is 5.67. The second-order valence-corrected chi connectivity index (χ2v) is 14.4. The molecule has 0 radical (unpaired) electrons. The maximum Gasteiger partial charge on any atom is 0.162 e. The Morgan fingerprint density at radius 3 is 1.56 bits per heavy atom. The zero-order valence-corrected chi connectivity index (χ0v) is 17.0. The van der Waals surface area contributed by atoms with Crippen LogP contribution in [-0.4, -0.2) is 22.0 Å². The summed E-state index contributed by atoms with van der Waals surface area (Å²) in [5.41, 5.74) is 0. The molecular weight excluding hydrogens is 346 g/mol. The highest BCUT2D eigenvalue weighted by Gasteiger charge is 2.60. The van der Waals surface area contributed by atoms with Crippen LogP contribution in [0.2, 0.25) is 0 Å². The molecule has 25 heavy (non-hydrogen) atoms. The van der Waals surface area contributed by atoms with E-state index in [0.717, 1.165) is 11.5 Å². The second kappa shape index (κ2) is 5.21. The molecule has 0 aliphatic carbocycles. The van der Waals surface area contributed by atoms with Gasteiger partial charge in [-0.05, 0) is 44.7 Å². The molecule has 130 valence electrons. The molecule has 3 aliphatic rings. The zero-order valence-electron chi connectivity index (χ0n) is 15.2. The summed E-state index contributed by atoms with van der Waals surface area (Å²) in [6, 6.07) is 17.3. The van der Waals surface area contributed by atoms with Gasteiger partial charge in [-0.3, -0.25) is 0 Å². The van der Waals surface area contributed by atoms with Crippen molar-refractivity contribution in [3.8, 4) is 11.5 Å². The molecule has 0 spiro atoms. The van der Waals surface area contributed by atoms with Crippen LogP contribution in [0, 0.1) is 0 Å². The Labute approximate surface area is 152 Å². The van der Waals surface area contributed by atoms with Gasteiger partial charge in [-0.2, -0.15) is 0 Å². The van der Waals surface area contributed by atoms with Crippen molar-refractivity contribution in [3.63, 3.8) is 0 Å². The van der Waals surface area contributed by atoms with Crippen LogP contribution in [0.5, 0.6) is 11.5 Å². The summed E-state index contributed by atoms with van der Waals surface area (Å²) >= 11 is 0. The Kier molecular flexibility index (Phi) is 3.36. The van der Waals surface area contributed by atoms with E-state index in [0.29, 0.717) is 0 Å². The largest absolute Gasteiger partial charge is 0.481 e. The van der Waals surface area contributed by atoms with Crippen LogP contribution in [0.4, 0.5) is 0 Å². The Morgan fingerprint density at radius 2 is 1.12 bits per heavy atom. The van der Waals surface area contributed by atoms with Gasteiger partial charge in [0.2, 0.25) is 0 Å². The van der Waals surface area contributed by atoms with Crippen molar-refractivity contribution in [3.05, 3.63) is 48.5 Å². The van der Waals surface area contributed by atoms with Crippen LogP contribution in [0.3, 0.4) is 0 Å². The topological polar surface area (TPSA) is 18.5 Å². The number of benzene rings is 2. The predicted molar refractivity (Wildman–Crippen MR) is 108 cm³/mol. The molecule has 0 N–H and O–H groups in total. The molecule has 2 aromatic rings. The average molecular weight is 370 g/mol. The zero-order chi connectivity index (χ0) is 17.4. The van der Waals surface area contributed by atoms with Crippen LogP contribution in [0.15, 0.2) is 48.5 Å². The Morgan fingerprint density at radius 1 is 0.720 bits per heavy atom. The maximum absolute atomic E-state index is 6.58. The third-order valence-corrected chi connectivity index (χ3v) is 12.4. The molecule has 0 aromatic heterocycles. The smallest absolute Gasteiger partial charge is 0.162 e. The average Bonchev–Trinajstić information content (AvgIpc) is 3.11. The molecule has 0 bridgehead atoms. The van der Waals surface area contributed by atoms with Gasteiger partial charge in [-0.1, -0.05) is 64.1 Å². The predicted octanol–water partition coefficient (Wildman–Crippen LogP) is 5.00. The van der Waals surface area contributed by atoms with Gasteiger partial charge in [-0.15, -0.1) is 0 Å². The van der Waals surface area contributed by atoms with E-state index < -0.39 is 15.8 Å². The minimum absolute atomic E-state index is 0.169.